The molecule has 1 aliphatic rings. The maximum absolute atomic E-state index is 13.6. The molecule has 0 unspecified atom stereocenters. The van der Waals surface area contributed by atoms with Gasteiger partial charge in [0, 0.05) is 25.2 Å². The highest BCUT2D eigenvalue weighted by molar-refractivity contribution is 5.85. The molecule has 0 aliphatic carbocycles. The summed E-state index contributed by atoms with van der Waals surface area (Å²) in [5.74, 6) is -0.137. The van der Waals surface area contributed by atoms with Crippen LogP contribution in [0.15, 0.2) is 60.2 Å². The number of likely N-dealkylation sites (tertiary alicyclic amines) is 1. The third-order valence-electron chi connectivity index (χ3n) is 3.69. The fraction of sp³-hybridized carbons (Fsp3) is 0.222. The molecule has 0 aromatic heterocycles. The van der Waals surface area contributed by atoms with Gasteiger partial charge >= 0.3 is 0 Å². The van der Waals surface area contributed by atoms with Gasteiger partial charge in [-0.2, -0.15) is 0 Å². The monoisotopic (exact) mass is 303 g/mol. The van der Waals surface area contributed by atoms with Crippen molar-refractivity contribution in [3.63, 3.8) is 0 Å². The average molecular weight is 304 g/mol. The van der Waals surface area contributed by atoms with Gasteiger partial charge in [-0.3, -0.25) is 4.90 Å². The van der Waals surface area contributed by atoms with E-state index in [9.17, 15) is 4.39 Å². The van der Waals surface area contributed by atoms with Gasteiger partial charge in [0.15, 0.2) is 0 Å². The van der Waals surface area contributed by atoms with Crippen LogP contribution in [-0.2, 0) is 6.54 Å². The fourth-order valence-corrected chi connectivity index (χ4v) is 2.65. The molecule has 0 N–H and O–H groups in total. The van der Waals surface area contributed by atoms with Crippen molar-refractivity contribution < 1.29 is 4.39 Å². The molecule has 1 nitrogen and oxygen atoms in total. The molecule has 0 spiro atoms. The summed E-state index contributed by atoms with van der Waals surface area (Å²) in [6, 6.07) is 17.4. The van der Waals surface area contributed by atoms with Crippen LogP contribution in [0.2, 0.25) is 0 Å². The molecular formula is C18H19ClFN. The molecule has 1 heterocycles. The normalized spacial score (nSPS) is 16.9. The lowest BCUT2D eigenvalue weighted by Crippen LogP contribution is -2.18. The Hall–Kier alpha value is -1.64. The van der Waals surface area contributed by atoms with E-state index in [0.717, 1.165) is 26.1 Å². The Morgan fingerprint density at radius 2 is 1.71 bits per heavy atom. The van der Waals surface area contributed by atoms with Crippen molar-refractivity contribution in [3.05, 3.63) is 77.1 Å². The smallest absolute Gasteiger partial charge is 0.130 e. The SMILES string of the molecule is Cl.Fc1ccccc1C=C1CCN(Cc2ccccc2)C1. The summed E-state index contributed by atoms with van der Waals surface area (Å²) in [5.41, 5.74) is 3.34. The van der Waals surface area contributed by atoms with E-state index in [1.54, 1.807) is 6.07 Å². The molecule has 21 heavy (non-hydrogen) atoms. The zero-order chi connectivity index (χ0) is 13.8. The van der Waals surface area contributed by atoms with Gasteiger partial charge in [0.1, 0.15) is 5.82 Å². The van der Waals surface area contributed by atoms with Crippen molar-refractivity contribution in [2.24, 2.45) is 0 Å². The average Bonchev–Trinajstić information content (AvgIpc) is 2.90. The van der Waals surface area contributed by atoms with Gasteiger partial charge in [-0.15, -0.1) is 12.4 Å². The molecule has 2 aromatic carbocycles. The molecule has 1 saturated heterocycles. The molecule has 0 amide bonds. The van der Waals surface area contributed by atoms with E-state index in [4.69, 9.17) is 0 Å². The highest BCUT2D eigenvalue weighted by Crippen LogP contribution is 2.21. The molecular weight excluding hydrogens is 285 g/mol. The van der Waals surface area contributed by atoms with Crippen LogP contribution in [0, 0.1) is 5.82 Å². The maximum atomic E-state index is 13.6. The molecule has 0 saturated carbocycles. The number of rotatable bonds is 3. The Balaban J connectivity index is 0.00000161. The summed E-state index contributed by atoms with van der Waals surface area (Å²) in [5, 5.41) is 0. The molecule has 0 bridgehead atoms. The second kappa shape index (κ2) is 7.39. The Bertz CT molecular complexity index is 610. The zero-order valence-corrected chi connectivity index (χ0v) is 12.7. The Morgan fingerprint density at radius 3 is 2.48 bits per heavy atom. The van der Waals surface area contributed by atoms with Crippen LogP contribution < -0.4 is 0 Å². The summed E-state index contributed by atoms with van der Waals surface area (Å²) in [6.07, 6.45) is 3.03. The second-order valence-corrected chi connectivity index (χ2v) is 5.27. The van der Waals surface area contributed by atoms with Crippen molar-refractivity contribution in [1.29, 1.82) is 0 Å². The number of nitrogens with zero attached hydrogens (tertiary/aromatic N) is 1. The van der Waals surface area contributed by atoms with Crippen LogP contribution in [0.1, 0.15) is 17.5 Å². The van der Waals surface area contributed by atoms with Gasteiger partial charge in [0.05, 0.1) is 0 Å². The summed E-state index contributed by atoms with van der Waals surface area (Å²) in [7, 11) is 0. The summed E-state index contributed by atoms with van der Waals surface area (Å²) in [6.45, 7) is 2.95. The van der Waals surface area contributed by atoms with Gasteiger partial charge in [-0.1, -0.05) is 60.2 Å². The third kappa shape index (κ3) is 4.16. The molecule has 0 atom stereocenters. The highest BCUT2D eigenvalue weighted by atomic mass is 35.5. The van der Waals surface area contributed by atoms with E-state index < -0.39 is 0 Å². The van der Waals surface area contributed by atoms with Gasteiger partial charge in [-0.25, -0.2) is 4.39 Å². The fourth-order valence-electron chi connectivity index (χ4n) is 2.65. The van der Waals surface area contributed by atoms with Crippen LogP contribution in [0.5, 0.6) is 0 Å². The van der Waals surface area contributed by atoms with E-state index in [1.807, 2.05) is 24.3 Å². The third-order valence-corrected chi connectivity index (χ3v) is 3.69. The first kappa shape index (κ1) is 15.7. The van der Waals surface area contributed by atoms with Gasteiger partial charge < -0.3 is 0 Å². The minimum Gasteiger partial charge on any atom is -0.295 e. The van der Waals surface area contributed by atoms with Crippen molar-refractivity contribution in [3.8, 4) is 0 Å². The van der Waals surface area contributed by atoms with Crippen LogP contribution in [0.25, 0.3) is 6.08 Å². The molecule has 3 heteroatoms. The molecule has 3 rings (SSSR count). The lowest BCUT2D eigenvalue weighted by molar-refractivity contribution is 0.337. The lowest BCUT2D eigenvalue weighted by atomic mass is 10.1. The Labute approximate surface area is 131 Å². The number of halogens is 2. The quantitative estimate of drug-likeness (QED) is 0.805. The van der Waals surface area contributed by atoms with E-state index in [1.165, 1.54) is 17.2 Å². The summed E-state index contributed by atoms with van der Waals surface area (Å²) >= 11 is 0. The van der Waals surface area contributed by atoms with Gasteiger partial charge in [0.2, 0.25) is 0 Å². The van der Waals surface area contributed by atoms with E-state index in [-0.39, 0.29) is 18.2 Å². The van der Waals surface area contributed by atoms with Crippen molar-refractivity contribution in [2.75, 3.05) is 13.1 Å². The van der Waals surface area contributed by atoms with E-state index >= 15 is 0 Å². The van der Waals surface area contributed by atoms with Crippen LogP contribution >= 0.6 is 12.4 Å². The van der Waals surface area contributed by atoms with Crippen LogP contribution in [0.4, 0.5) is 4.39 Å². The predicted molar refractivity (Wildman–Crippen MR) is 88.0 cm³/mol. The minimum atomic E-state index is -0.137. The number of hydrogen-bond acceptors (Lipinski definition) is 1. The second-order valence-electron chi connectivity index (χ2n) is 5.27. The zero-order valence-electron chi connectivity index (χ0n) is 11.8. The topological polar surface area (TPSA) is 3.24 Å². The van der Waals surface area contributed by atoms with E-state index in [0.29, 0.717) is 5.56 Å². The standard InChI is InChI=1S/C18H18FN.ClH/c19-18-9-5-4-8-17(18)12-16-10-11-20(14-16)13-15-6-2-1-3-7-15;/h1-9,12H,10-11,13-14H2;1H. The van der Waals surface area contributed by atoms with Crippen molar-refractivity contribution >= 4 is 18.5 Å². The minimum absolute atomic E-state index is 0. The highest BCUT2D eigenvalue weighted by Gasteiger charge is 2.16. The van der Waals surface area contributed by atoms with Crippen LogP contribution in [-0.4, -0.2) is 18.0 Å². The first-order chi connectivity index (χ1) is 9.81. The molecule has 110 valence electrons. The van der Waals surface area contributed by atoms with E-state index in [2.05, 4.69) is 29.2 Å². The molecule has 1 fully saturated rings. The van der Waals surface area contributed by atoms with Crippen molar-refractivity contribution in [1.82, 2.24) is 4.90 Å². The first-order valence-electron chi connectivity index (χ1n) is 7.01. The Morgan fingerprint density at radius 1 is 1.00 bits per heavy atom. The van der Waals surface area contributed by atoms with Gasteiger partial charge in [0.25, 0.3) is 0 Å². The molecule has 1 aliphatic heterocycles. The first-order valence-corrected chi connectivity index (χ1v) is 7.01. The van der Waals surface area contributed by atoms with Crippen molar-refractivity contribution in [2.45, 2.75) is 13.0 Å². The lowest BCUT2D eigenvalue weighted by Gasteiger charge is -2.14. The summed E-state index contributed by atoms with van der Waals surface area (Å²) < 4.78 is 13.6. The van der Waals surface area contributed by atoms with Gasteiger partial charge in [-0.05, 0) is 18.1 Å². The molecule has 2 aromatic rings. The number of benzene rings is 2. The largest absolute Gasteiger partial charge is 0.295 e. The predicted octanol–water partition coefficient (Wildman–Crippen LogP) is 4.54. The summed E-state index contributed by atoms with van der Waals surface area (Å²) in [4.78, 5) is 2.40. The Kier molecular flexibility index (Phi) is 5.54. The molecule has 0 radical (unpaired) electrons. The maximum Gasteiger partial charge on any atom is 0.130 e. The van der Waals surface area contributed by atoms with Crippen LogP contribution in [0.3, 0.4) is 0 Å². The number of hydrogen-bond donors (Lipinski definition) is 0.